The minimum atomic E-state index is -0.907. The Labute approximate surface area is 209 Å². The number of fused-ring (bicyclic) bond motifs is 3. The van der Waals surface area contributed by atoms with Crippen molar-refractivity contribution in [3.8, 4) is 23.0 Å². The Hall–Kier alpha value is -3.22. The highest BCUT2D eigenvalue weighted by atomic mass is 35.5. The SMILES string of the molecule is CC1(C)Oc2ccc(Oc3ccccc3)cc2[C@H]2O[C@@H](COc3ccc(Cl)cc3)[C@@H](C(=O)O)C[C@@H]21. The molecule has 35 heavy (non-hydrogen) atoms. The molecule has 0 aliphatic carbocycles. The van der Waals surface area contributed by atoms with Crippen molar-refractivity contribution < 1.29 is 28.8 Å². The van der Waals surface area contributed by atoms with Gasteiger partial charge in [0, 0.05) is 16.5 Å². The van der Waals surface area contributed by atoms with Gasteiger partial charge in [-0.2, -0.15) is 0 Å². The Morgan fingerprint density at radius 1 is 1.03 bits per heavy atom. The molecule has 1 saturated heterocycles. The molecule has 7 heteroatoms. The molecule has 1 fully saturated rings. The van der Waals surface area contributed by atoms with E-state index in [9.17, 15) is 9.90 Å². The van der Waals surface area contributed by atoms with Crippen molar-refractivity contribution in [1.29, 1.82) is 0 Å². The monoisotopic (exact) mass is 494 g/mol. The Balaban J connectivity index is 1.43. The molecule has 0 radical (unpaired) electrons. The highest BCUT2D eigenvalue weighted by Gasteiger charge is 2.52. The summed E-state index contributed by atoms with van der Waals surface area (Å²) in [6.07, 6.45) is -0.586. The maximum atomic E-state index is 12.2. The minimum Gasteiger partial charge on any atom is -0.491 e. The van der Waals surface area contributed by atoms with Crippen LogP contribution in [0.2, 0.25) is 5.02 Å². The molecule has 0 amide bonds. The number of carbonyl (C=O) groups is 1. The Morgan fingerprint density at radius 2 is 1.74 bits per heavy atom. The Kier molecular flexibility index (Phi) is 6.34. The van der Waals surface area contributed by atoms with Crippen LogP contribution in [0.15, 0.2) is 72.8 Å². The molecule has 2 heterocycles. The fourth-order valence-corrected chi connectivity index (χ4v) is 5.00. The van der Waals surface area contributed by atoms with Crippen molar-refractivity contribution in [3.05, 3.63) is 83.4 Å². The first-order valence-corrected chi connectivity index (χ1v) is 12.0. The van der Waals surface area contributed by atoms with Crippen LogP contribution < -0.4 is 14.2 Å². The molecular weight excluding hydrogens is 468 g/mol. The van der Waals surface area contributed by atoms with Crippen molar-refractivity contribution in [2.75, 3.05) is 6.61 Å². The topological polar surface area (TPSA) is 74.2 Å². The summed E-state index contributed by atoms with van der Waals surface area (Å²) in [4.78, 5) is 12.2. The van der Waals surface area contributed by atoms with Crippen LogP contribution in [0.25, 0.3) is 0 Å². The summed E-state index contributed by atoms with van der Waals surface area (Å²) in [6.45, 7) is 4.07. The number of aliphatic carboxylic acids is 1. The van der Waals surface area contributed by atoms with Crippen LogP contribution in [0.1, 0.15) is 31.9 Å². The Morgan fingerprint density at radius 3 is 2.46 bits per heavy atom. The normalized spacial score (nSPS) is 24.4. The lowest BCUT2D eigenvalue weighted by molar-refractivity contribution is -0.192. The second-order valence-electron chi connectivity index (χ2n) is 9.47. The molecule has 0 spiro atoms. The van der Waals surface area contributed by atoms with Gasteiger partial charge in [0.2, 0.25) is 0 Å². The van der Waals surface area contributed by atoms with E-state index in [0.717, 1.165) is 11.3 Å². The molecule has 0 bridgehead atoms. The molecule has 182 valence electrons. The third-order valence-electron chi connectivity index (χ3n) is 6.72. The largest absolute Gasteiger partial charge is 0.491 e. The van der Waals surface area contributed by atoms with Gasteiger partial charge < -0.3 is 24.1 Å². The van der Waals surface area contributed by atoms with Crippen molar-refractivity contribution in [3.63, 3.8) is 0 Å². The van der Waals surface area contributed by atoms with Gasteiger partial charge >= 0.3 is 5.97 Å². The van der Waals surface area contributed by atoms with Crippen molar-refractivity contribution in [2.24, 2.45) is 11.8 Å². The summed E-state index contributed by atoms with van der Waals surface area (Å²) < 4.78 is 24.8. The summed E-state index contributed by atoms with van der Waals surface area (Å²) in [7, 11) is 0. The van der Waals surface area contributed by atoms with Gasteiger partial charge in [-0.1, -0.05) is 29.8 Å². The number of carboxylic acids is 1. The second-order valence-corrected chi connectivity index (χ2v) is 9.90. The number of para-hydroxylation sites is 1. The van der Waals surface area contributed by atoms with Gasteiger partial charge in [-0.05, 0) is 74.9 Å². The molecule has 3 aromatic carbocycles. The second kappa shape index (κ2) is 9.44. The lowest BCUT2D eigenvalue weighted by Crippen LogP contribution is -2.53. The van der Waals surface area contributed by atoms with Crippen molar-refractivity contribution >= 4 is 17.6 Å². The fourth-order valence-electron chi connectivity index (χ4n) is 4.88. The van der Waals surface area contributed by atoms with E-state index in [-0.39, 0.29) is 18.6 Å². The molecule has 0 saturated carbocycles. The van der Waals surface area contributed by atoms with Crippen molar-refractivity contribution in [1.82, 2.24) is 0 Å². The zero-order chi connectivity index (χ0) is 24.6. The first-order chi connectivity index (χ1) is 16.8. The van der Waals surface area contributed by atoms with E-state index in [2.05, 4.69) is 0 Å². The molecule has 5 rings (SSSR count). The van der Waals surface area contributed by atoms with Gasteiger partial charge in [-0.25, -0.2) is 0 Å². The number of ether oxygens (including phenoxy) is 4. The van der Waals surface area contributed by atoms with Gasteiger partial charge in [0.15, 0.2) is 0 Å². The molecule has 2 aliphatic heterocycles. The van der Waals surface area contributed by atoms with Gasteiger partial charge in [0.05, 0.1) is 12.0 Å². The summed E-state index contributed by atoms with van der Waals surface area (Å²) in [6, 6.07) is 22.2. The standard InChI is InChI=1S/C28H27ClO6/c1-28(2)23-15-22(27(30)31)25(16-32-18-10-8-17(29)9-11-18)34-26(23)21-14-20(12-13-24(21)35-28)33-19-6-4-3-5-7-19/h3-14,22-23,25-26H,15-16H2,1-2H3,(H,30,31)/t22-,23-,25-,26+/m0/s1. The summed E-state index contributed by atoms with van der Waals surface area (Å²) in [5.74, 6) is 0.918. The van der Waals surface area contributed by atoms with Crippen LogP contribution in [0, 0.1) is 11.8 Å². The third-order valence-corrected chi connectivity index (χ3v) is 6.97. The van der Waals surface area contributed by atoms with Gasteiger partial charge in [-0.15, -0.1) is 0 Å². The maximum absolute atomic E-state index is 12.2. The molecule has 4 atom stereocenters. The summed E-state index contributed by atoms with van der Waals surface area (Å²) in [5, 5.41) is 10.6. The predicted molar refractivity (Wildman–Crippen MR) is 131 cm³/mol. The van der Waals surface area contributed by atoms with Crippen LogP contribution >= 0.6 is 11.6 Å². The Bertz CT molecular complexity index is 1190. The average molecular weight is 495 g/mol. The molecule has 0 unspecified atom stereocenters. The lowest BCUT2D eigenvalue weighted by Gasteiger charge is -2.50. The summed E-state index contributed by atoms with van der Waals surface area (Å²) in [5.41, 5.74) is 0.248. The van der Waals surface area contributed by atoms with E-state index in [1.54, 1.807) is 24.3 Å². The van der Waals surface area contributed by atoms with Gasteiger partial charge in [-0.3, -0.25) is 4.79 Å². The fraction of sp³-hybridized carbons (Fsp3) is 0.321. The highest BCUT2D eigenvalue weighted by molar-refractivity contribution is 6.30. The van der Waals surface area contributed by atoms with Crippen LogP contribution in [-0.2, 0) is 9.53 Å². The molecule has 0 aromatic heterocycles. The first kappa shape index (κ1) is 23.5. The molecule has 3 aromatic rings. The van der Waals surface area contributed by atoms with Gasteiger partial charge in [0.25, 0.3) is 0 Å². The van der Waals surface area contributed by atoms with Crippen LogP contribution in [-0.4, -0.2) is 29.4 Å². The lowest BCUT2D eigenvalue weighted by atomic mass is 9.72. The van der Waals surface area contributed by atoms with E-state index in [1.807, 2.05) is 62.4 Å². The number of benzene rings is 3. The van der Waals surface area contributed by atoms with Crippen LogP contribution in [0.4, 0.5) is 0 Å². The maximum Gasteiger partial charge on any atom is 0.309 e. The van der Waals surface area contributed by atoms with E-state index in [4.69, 9.17) is 30.5 Å². The number of carboxylic acid groups (broad SMARTS) is 1. The third kappa shape index (κ3) is 4.95. The first-order valence-electron chi connectivity index (χ1n) is 11.6. The summed E-state index contributed by atoms with van der Waals surface area (Å²) >= 11 is 5.96. The predicted octanol–water partition coefficient (Wildman–Crippen LogP) is 6.53. The van der Waals surface area contributed by atoms with Gasteiger partial charge in [0.1, 0.15) is 41.3 Å². The van der Waals surface area contributed by atoms with Crippen molar-refractivity contribution in [2.45, 2.75) is 38.1 Å². The number of halogens is 1. The molecule has 2 aliphatic rings. The van der Waals surface area contributed by atoms with E-state index >= 15 is 0 Å². The number of rotatable bonds is 6. The smallest absolute Gasteiger partial charge is 0.309 e. The minimum absolute atomic E-state index is 0.110. The molecule has 6 nitrogen and oxygen atoms in total. The van der Waals surface area contributed by atoms with Crippen LogP contribution in [0.3, 0.4) is 0 Å². The zero-order valence-electron chi connectivity index (χ0n) is 19.5. The van der Waals surface area contributed by atoms with E-state index < -0.39 is 23.6 Å². The highest BCUT2D eigenvalue weighted by Crippen LogP contribution is 2.52. The molecule has 1 N–H and O–H groups in total. The van der Waals surface area contributed by atoms with E-state index in [1.165, 1.54) is 0 Å². The average Bonchev–Trinajstić information content (AvgIpc) is 2.84. The molecular formula is C28H27ClO6. The van der Waals surface area contributed by atoms with E-state index in [0.29, 0.717) is 28.7 Å². The van der Waals surface area contributed by atoms with Crippen LogP contribution in [0.5, 0.6) is 23.0 Å². The number of hydrogen-bond acceptors (Lipinski definition) is 5. The zero-order valence-corrected chi connectivity index (χ0v) is 20.3. The quantitative estimate of drug-likeness (QED) is 0.420. The number of hydrogen-bond donors (Lipinski definition) is 1.